The van der Waals surface area contributed by atoms with Crippen molar-refractivity contribution in [2.75, 3.05) is 6.61 Å². The van der Waals surface area contributed by atoms with Crippen LogP contribution in [-0.4, -0.2) is 11.7 Å². The highest BCUT2D eigenvalue weighted by molar-refractivity contribution is 14.1. The Morgan fingerprint density at radius 2 is 2.25 bits per heavy atom. The number of aliphatic hydroxyl groups is 1. The Labute approximate surface area is 83.7 Å². The summed E-state index contributed by atoms with van der Waals surface area (Å²) >= 11 is 1.99. The molecule has 0 saturated carbocycles. The first kappa shape index (κ1) is 9.88. The number of halogens is 2. The van der Waals surface area contributed by atoms with E-state index in [2.05, 4.69) is 0 Å². The van der Waals surface area contributed by atoms with E-state index in [0.29, 0.717) is 0 Å². The molecule has 0 amide bonds. The molecule has 1 rings (SSSR count). The highest BCUT2D eigenvalue weighted by atomic mass is 127. The van der Waals surface area contributed by atoms with Crippen LogP contribution in [-0.2, 0) is 0 Å². The number of hydrogen-bond acceptors (Lipinski definition) is 2. The minimum Gasteiger partial charge on any atom is -0.394 e. The molecule has 3 N–H and O–H groups in total. The monoisotopic (exact) mass is 281 g/mol. The maximum Gasteiger partial charge on any atom is 0.124 e. The van der Waals surface area contributed by atoms with Gasteiger partial charge in [-0.2, -0.15) is 0 Å². The lowest BCUT2D eigenvalue weighted by atomic mass is 10.1. The fraction of sp³-hybridized carbons (Fsp3) is 0.250. The third-order valence-electron chi connectivity index (χ3n) is 1.56. The average Bonchev–Trinajstić information content (AvgIpc) is 2.03. The minimum absolute atomic E-state index is 0.123. The van der Waals surface area contributed by atoms with Gasteiger partial charge in [-0.15, -0.1) is 0 Å². The van der Waals surface area contributed by atoms with Crippen LogP contribution in [0.25, 0.3) is 0 Å². The molecule has 0 aliphatic carbocycles. The van der Waals surface area contributed by atoms with Crippen molar-refractivity contribution in [3.63, 3.8) is 0 Å². The number of rotatable bonds is 2. The Balaban J connectivity index is 3.01. The lowest BCUT2D eigenvalue weighted by Gasteiger charge is -2.10. The Kier molecular flexibility index (Phi) is 3.42. The van der Waals surface area contributed by atoms with Crippen molar-refractivity contribution in [1.82, 2.24) is 0 Å². The van der Waals surface area contributed by atoms with E-state index >= 15 is 0 Å². The topological polar surface area (TPSA) is 46.2 Å². The van der Waals surface area contributed by atoms with E-state index in [9.17, 15) is 4.39 Å². The molecular formula is C8H9FINO. The highest BCUT2D eigenvalue weighted by Gasteiger charge is 2.08. The number of nitrogens with two attached hydrogens (primary N) is 1. The van der Waals surface area contributed by atoms with Crippen molar-refractivity contribution in [2.24, 2.45) is 5.73 Å². The number of aliphatic hydroxyl groups excluding tert-OH is 1. The summed E-state index contributed by atoms with van der Waals surface area (Å²) in [6.45, 7) is -0.123. The lowest BCUT2D eigenvalue weighted by Crippen LogP contribution is -2.15. The molecule has 2 nitrogen and oxygen atoms in total. The van der Waals surface area contributed by atoms with Crippen molar-refractivity contribution < 1.29 is 9.50 Å². The van der Waals surface area contributed by atoms with Crippen LogP contribution in [0.15, 0.2) is 18.2 Å². The van der Waals surface area contributed by atoms with Gasteiger partial charge in [0, 0.05) is 3.57 Å². The van der Waals surface area contributed by atoms with E-state index in [4.69, 9.17) is 10.8 Å². The summed E-state index contributed by atoms with van der Waals surface area (Å²) in [5.74, 6) is -0.284. The standard InChI is InChI=1S/C8H9FINO/c9-5-1-2-6(7(10)3-5)8(11)4-12/h1-3,8,12H,4,11H2. The van der Waals surface area contributed by atoms with Crippen molar-refractivity contribution in [3.8, 4) is 0 Å². The van der Waals surface area contributed by atoms with Gasteiger partial charge in [0.1, 0.15) is 5.82 Å². The van der Waals surface area contributed by atoms with Crippen LogP contribution in [0.1, 0.15) is 11.6 Å². The molecule has 66 valence electrons. The van der Waals surface area contributed by atoms with Crippen LogP contribution in [0.3, 0.4) is 0 Å². The van der Waals surface area contributed by atoms with Crippen LogP contribution in [0, 0.1) is 9.39 Å². The molecule has 1 aromatic carbocycles. The van der Waals surface area contributed by atoms with E-state index in [1.165, 1.54) is 12.1 Å². The molecule has 0 spiro atoms. The molecule has 12 heavy (non-hydrogen) atoms. The first-order chi connectivity index (χ1) is 5.65. The van der Waals surface area contributed by atoms with Gasteiger partial charge >= 0.3 is 0 Å². The first-order valence-electron chi connectivity index (χ1n) is 3.46. The van der Waals surface area contributed by atoms with Gasteiger partial charge in [-0.05, 0) is 40.3 Å². The van der Waals surface area contributed by atoms with Crippen LogP contribution in [0.4, 0.5) is 4.39 Å². The Morgan fingerprint density at radius 1 is 1.58 bits per heavy atom. The van der Waals surface area contributed by atoms with Crippen LogP contribution < -0.4 is 5.73 Å². The second-order valence-electron chi connectivity index (χ2n) is 2.45. The van der Waals surface area contributed by atoms with Gasteiger partial charge in [0.05, 0.1) is 12.6 Å². The fourth-order valence-corrected chi connectivity index (χ4v) is 1.78. The molecule has 0 aliphatic heterocycles. The molecule has 0 aromatic heterocycles. The third kappa shape index (κ3) is 2.15. The van der Waals surface area contributed by atoms with Gasteiger partial charge in [-0.1, -0.05) is 6.07 Å². The largest absolute Gasteiger partial charge is 0.394 e. The van der Waals surface area contributed by atoms with Crippen molar-refractivity contribution in [3.05, 3.63) is 33.1 Å². The predicted molar refractivity (Wildman–Crippen MR) is 53.1 cm³/mol. The summed E-state index contributed by atoms with van der Waals surface area (Å²) in [4.78, 5) is 0. The normalized spacial score (nSPS) is 13.0. The molecule has 1 atom stereocenters. The van der Waals surface area contributed by atoms with Crippen LogP contribution >= 0.6 is 22.6 Å². The van der Waals surface area contributed by atoms with E-state index in [-0.39, 0.29) is 12.4 Å². The second kappa shape index (κ2) is 4.15. The van der Waals surface area contributed by atoms with Crippen molar-refractivity contribution in [1.29, 1.82) is 0 Å². The van der Waals surface area contributed by atoms with E-state index in [1.807, 2.05) is 22.6 Å². The Bertz CT molecular complexity index is 280. The zero-order chi connectivity index (χ0) is 9.14. The maximum atomic E-state index is 12.6. The molecule has 0 heterocycles. The highest BCUT2D eigenvalue weighted by Crippen LogP contribution is 2.18. The van der Waals surface area contributed by atoms with Gasteiger partial charge in [-0.25, -0.2) is 4.39 Å². The molecule has 4 heteroatoms. The Hall–Kier alpha value is -0.200. The molecule has 0 bridgehead atoms. The van der Waals surface area contributed by atoms with Gasteiger partial charge in [0.2, 0.25) is 0 Å². The maximum absolute atomic E-state index is 12.6. The average molecular weight is 281 g/mol. The zero-order valence-electron chi connectivity index (χ0n) is 6.30. The molecule has 1 aromatic rings. The zero-order valence-corrected chi connectivity index (χ0v) is 8.45. The SMILES string of the molecule is NC(CO)c1ccc(F)cc1I. The minimum atomic E-state index is -0.419. The quantitative estimate of drug-likeness (QED) is 0.805. The van der Waals surface area contributed by atoms with Gasteiger partial charge in [0.15, 0.2) is 0 Å². The smallest absolute Gasteiger partial charge is 0.124 e. The van der Waals surface area contributed by atoms with Crippen molar-refractivity contribution in [2.45, 2.75) is 6.04 Å². The van der Waals surface area contributed by atoms with Crippen LogP contribution in [0.2, 0.25) is 0 Å². The summed E-state index contributed by atoms with van der Waals surface area (Å²) in [5.41, 5.74) is 6.35. The van der Waals surface area contributed by atoms with E-state index in [0.717, 1.165) is 9.13 Å². The molecule has 0 radical (unpaired) electrons. The second-order valence-corrected chi connectivity index (χ2v) is 3.62. The molecule has 1 unspecified atom stereocenters. The molecule has 0 fully saturated rings. The number of benzene rings is 1. The summed E-state index contributed by atoms with van der Waals surface area (Å²) < 4.78 is 13.4. The first-order valence-corrected chi connectivity index (χ1v) is 4.54. The van der Waals surface area contributed by atoms with Crippen molar-refractivity contribution >= 4 is 22.6 Å². The summed E-state index contributed by atoms with van der Waals surface area (Å²) in [6, 6.07) is 3.91. The summed E-state index contributed by atoms with van der Waals surface area (Å²) in [6.07, 6.45) is 0. The fourth-order valence-electron chi connectivity index (χ4n) is 0.901. The molecule has 0 saturated heterocycles. The van der Waals surface area contributed by atoms with Crippen LogP contribution in [0.5, 0.6) is 0 Å². The van der Waals surface area contributed by atoms with E-state index < -0.39 is 6.04 Å². The number of hydrogen-bond donors (Lipinski definition) is 2. The third-order valence-corrected chi connectivity index (χ3v) is 2.49. The predicted octanol–water partition coefficient (Wildman–Crippen LogP) is 1.42. The summed E-state index contributed by atoms with van der Waals surface area (Å²) in [5, 5.41) is 8.76. The molecular weight excluding hydrogens is 272 g/mol. The molecule has 0 aliphatic rings. The van der Waals surface area contributed by atoms with Gasteiger partial charge in [-0.3, -0.25) is 0 Å². The van der Waals surface area contributed by atoms with Gasteiger partial charge in [0.25, 0.3) is 0 Å². The Morgan fingerprint density at radius 3 is 2.75 bits per heavy atom. The summed E-state index contributed by atoms with van der Waals surface area (Å²) in [7, 11) is 0. The van der Waals surface area contributed by atoms with E-state index in [1.54, 1.807) is 6.07 Å². The van der Waals surface area contributed by atoms with Gasteiger partial charge < -0.3 is 10.8 Å². The lowest BCUT2D eigenvalue weighted by molar-refractivity contribution is 0.267.